The first-order valence-corrected chi connectivity index (χ1v) is 4.60. The van der Waals surface area contributed by atoms with Crippen molar-refractivity contribution < 1.29 is 4.79 Å². The highest BCUT2D eigenvalue weighted by Crippen LogP contribution is 2.17. The van der Waals surface area contributed by atoms with Gasteiger partial charge in [-0.25, -0.2) is 4.79 Å². The van der Waals surface area contributed by atoms with E-state index in [4.69, 9.17) is 5.73 Å². The molecular weight excluding hydrogens is 178 g/mol. The molecule has 0 aromatic heterocycles. The average molecular weight is 190 g/mol. The molecule has 14 heavy (non-hydrogen) atoms. The van der Waals surface area contributed by atoms with Crippen molar-refractivity contribution in [2.45, 2.75) is 6.54 Å². The van der Waals surface area contributed by atoms with E-state index < -0.39 is 0 Å². The normalized spacial score (nSPS) is 15.8. The number of nitrogens with zero attached hydrogens (tertiary/aromatic N) is 1. The van der Waals surface area contributed by atoms with Gasteiger partial charge in [-0.05, 0) is 12.1 Å². The van der Waals surface area contributed by atoms with Crippen molar-refractivity contribution in [2.75, 3.05) is 18.0 Å². The summed E-state index contributed by atoms with van der Waals surface area (Å²) < 4.78 is 0. The van der Waals surface area contributed by atoms with Gasteiger partial charge in [0.1, 0.15) is 0 Å². The fraction of sp³-hybridized carbons (Fsp3) is 0.300. The zero-order chi connectivity index (χ0) is 9.97. The van der Waals surface area contributed by atoms with Gasteiger partial charge in [0.05, 0.1) is 0 Å². The molecule has 0 radical (unpaired) electrons. The molecular formula is C10H12N3O-. The Hall–Kier alpha value is -1.55. The topological polar surface area (TPSA) is 56.1 Å². The van der Waals surface area contributed by atoms with Crippen molar-refractivity contribution >= 4 is 11.7 Å². The van der Waals surface area contributed by atoms with Gasteiger partial charge >= 0.3 is 6.03 Å². The summed E-state index contributed by atoms with van der Waals surface area (Å²) in [6.45, 7) is 1.71. The van der Waals surface area contributed by atoms with Gasteiger partial charge in [-0.3, -0.25) is 4.90 Å². The Morgan fingerprint density at radius 1 is 1.36 bits per heavy atom. The maximum absolute atomic E-state index is 11.3. The molecule has 0 aliphatic carbocycles. The molecule has 1 aromatic rings. The molecule has 1 aliphatic rings. The number of benzene rings is 1. The molecule has 4 nitrogen and oxygen atoms in total. The number of hydrogen-bond donors (Lipinski definition) is 1. The Bertz CT molecular complexity index is 334. The van der Waals surface area contributed by atoms with Crippen LogP contribution in [0.15, 0.2) is 24.3 Å². The van der Waals surface area contributed by atoms with Gasteiger partial charge in [0.15, 0.2) is 0 Å². The van der Waals surface area contributed by atoms with Gasteiger partial charge in [-0.2, -0.15) is 0 Å². The molecule has 74 valence electrons. The highest BCUT2D eigenvalue weighted by Gasteiger charge is 2.20. The van der Waals surface area contributed by atoms with Crippen LogP contribution in [0.5, 0.6) is 0 Å². The van der Waals surface area contributed by atoms with Crippen LogP contribution in [0.4, 0.5) is 10.5 Å². The predicted octanol–water partition coefficient (Wildman–Crippen LogP) is 1.77. The summed E-state index contributed by atoms with van der Waals surface area (Å²) in [5, 5.41) is 2.75. The second-order valence-electron chi connectivity index (χ2n) is 3.23. The number of carbonyl (C=O) groups excluding carboxylic acids is 1. The number of amides is 2. The van der Waals surface area contributed by atoms with E-state index in [1.807, 2.05) is 24.3 Å². The summed E-state index contributed by atoms with van der Waals surface area (Å²) in [5.41, 5.74) is 9.04. The van der Waals surface area contributed by atoms with E-state index in [0.717, 1.165) is 17.8 Å². The number of nitrogens with one attached hydrogen (secondary N) is 2. The van der Waals surface area contributed by atoms with Crippen LogP contribution in [0, 0.1) is 0 Å². The molecule has 1 aromatic carbocycles. The van der Waals surface area contributed by atoms with Crippen LogP contribution >= 0.6 is 0 Å². The molecule has 0 spiro atoms. The zero-order valence-electron chi connectivity index (χ0n) is 7.79. The summed E-state index contributed by atoms with van der Waals surface area (Å²) in [4.78, 5) is 13.0. The van der Waals surface area contributed by atoms with Crippen LogP contribution in [-0.2, 0) is 6.54 Å². The van der Waals surface area contributed by atoms with Crippen molar-refractivity contribution in [3.05, 3.63) is 35.6 Å². The molecule has 2 amide bonds. The van der Waals surface area contributed by atoms with E-state index in [0.29, 0.717) is 6.54 Å². The lowest BCUT2D eigenvalue weighted by Crippen LogP contribution is -2.27. The van der Waals surface area contributed by atoms with E-state index in [2.05, 4.69) is 5.32 Å². The van der Waals surface area contributed by atoms with E-state index in [1.54, 1.807) is 4.90 Å². The van der Waals surface area contributed by atoms with Crippen molar-refractivity contribution in [3.8, 4) is 0 Å². The van der Waals surface area contributed by atoms with Gasteiger partial charge in [-0.1, -0.05) is 17.7 Å². The Morgan fingerprint density at radius 2 is 2.07 bits per heavy atom. The minimum Gasteiger partial charge on any atom is -0.674 e. The smallest absolute Gasteiger partial charge is 0.321 e. The fourth-order valence-electron chi connectivity index (χ4n) is 1.51. The third kappa shape index (κ3) is 1.56. The first kappa shape index (κ1) is 9.02. The maximum atomic E-state index is 11.3. The largest absolute Gasteiger partial charge is 0.674 e. The number of urea groups is 1. The Balaban J connectivity index is 2.20. The minimum atomic E-state index is -0.0383. The quantitative estimate of drug-likeness (QED) is 0.759. The minimum absolute atomic E-state index is 0.0383. The molecule has 4 heteroatoms. The van der Waals surface area contributed by atoms with E-state index in [9.17, 15) is 4.79 Å². The molecule has 1 heterocycles. The molecule has 0 unspecified atom stereocenters. The van der Waals surface area contributed by atoms with E-state index >= 15 is 0 Å². The van der Waals surface area contributed by atoms with E-state index in [-0.39, 0.29) is 12.6 Å². The van der Waals surface area contributed by atoms with Crippen LogP contribution in [0.3, 0.4) is 0 Å². The highest BCUT2D eigenvalue weighted by atomic mass is 16.2. The molecule has 2 N–H and O–H groups in total. The van der Waals surface area contributed by atoms with Crippen LogP contribution in [0.2, 0.25) is 0 Å². The van der Waals surface area contributed by atoms with E-state index in [1.165, 1.54) is 0 Å². The fourth-order valence-corrected chi connectivity index (χ4v) is 1.51. The number of rotatable bonds is 2. The molecule has 1 aliphatic heterocycles. The van der Waals surface area contributed by atoms with Crippen LogP contribution in [-0.4, -0.2) is 19.1 Å². The summed E-state index contributed by atoms with van der Waals surface area (Å²) in [6.07, 6.45) is 0. The standard InChI is InChI=1S/C10H12N3O/c11-7-8-1-3-9(4-2-8)13-6-5-12-10(13)14/h1-4,11H,5-7H2,(H,12,14)/q-1. The summed E-state index contributed by atoms with van der Waals surface area (Å²) in [5.74, 6) is 0. The van der Waals surface area contributed by atoms with Gasteiger partial charge in [0.25, 0.3) is 0 Å². The second-order valence-corrected chi connectivity index (χ2v) is 3.23. The molecule has 1 saturated heterocycles. The van der Waals surface area contributed by atoms with Crippen molar-refractivity contribution in [3.63, 3.8) is 0 Å². The molecule has 0 saturated carbocycles. The lowest BCUT2D eigenvalue weighted by atomic mass is 10.2. The van der Waals surface area contributed by atoms with Crippen molar-refractivity contribution in [1.29, 1.82) is 0 Å². The first-order chi connectivity index (χ1) is 6.81. The zero-order valence-corrected chi connectivity index (χ0v) is 7.79. The lowest BCUT2D eigenvalue weighted by Gasteiger charge is -2.14. The molecule has 0 bridgehead atoms. The maximum Gasteiger partial charge on any atom is 0.321 e. The number of carbonyl (C=O) groups is 1. The predicted molar refractivity (Wildman–Crippen MR) is 55.2 cm³/mol. The van der Waals surface area contributed by atoms with Crippen LogP contribution in [0.25, 0.3) is 5.73 Å². The van der Waals surface area contributed by atoms with Gasteiger partial charge in [0.2, 0.25) is 0 Å². The van der Waals surface area contributed by atoms with Crippen LogP contribution in [0.1, 0.15) is 5.56 Å². The Labute approximate surface area is 82.7 Å². The third-order valence-corrected chi connectivity index (χ3v) is 2.31. The number of anilines is 1. The monoisotopic (exact) mass is 190 g/mol. The Morgan fingerprint density at radius 3 is 2.57 bits per heavy atom. The van der Waals surface area contributed by atoms with Crippen molar-refractivity contribution in [1.82, 2.24) is 5.32 Å². The molecule has 0 atom stereocenters. The second kappa shape index (κ2) is 3.67. The lowest BCUT2D eigenvalue weighted by molar-refractivity contribution is 0.252. The third-order valence-electron chi connectivity index (χ3n) is 2.31. The molecule has 1 fully saturated rings. The number of hydrogen-bond acceptors (Lipinski definition) is 1. The SMILES string of the molecule is [NH-]Cc1ccc(N2CCNC2=O)cc1. The highest BCUT2D eigenvalue weighted by molar-refractivity contribution is 5.93. The van der Waals surface area contributed by atoms with Gasteiger partial charge in [0, 0.05) is 18.8 Å². The van der Waals surface area contributed by atoms with Gasteiger partial charge in [-0.15, -0.1) is 6.54 Å². The van der Waals surface area contributed by atoms with Crippen molar-refractivity contribution in [2.24, 2.45) is 0 Å². The summed E-state index contributed by atoms with van der Waals surface area (Å²) in [7, 11) is 0. The van der Waals surface area contributed by atoms with Crippen LogP contribution < -0.4 is 10.2 Å². The Kier molecular flexibility index (Phi) is 2.37. The summed E-state index contributed by atoms with van der Waals surface area (Å²) >= 11 is 0. The summed E-state index contributed by atoms with van der Waals surface area (Å²) in [6, 6.07) is 7.49. The average Bonchev–Trinajstić information content (AvgIpc) is 2.65. The molecule has 2 rings (SSSR count). The first-order valence-electron chi connectivity index (χ1n) is 4.60. The van der Waals surface area contributed by atoms with Gasteiger partial charge < -0.3 is 11.1 Å².